The highest BCUT2D eigenvalue weighted by Crippen LogP contribution is 2.33. The van der Waals surface area contributed by atoms with Gasteiger partial charge in [-0.1, -0.05) is 35.9 Å². The number of rotatable bonds is 7. The molecule has 0 N–H and O–H groups in total. The lowest BCUT2D eigenvalue weighted by molar-refractivity contribution is 0.0906. The molecule has 9 heteroatoms. The van der Waals surface area contributed by atoms with Gasteiger partial charge in [0, 0.05) is 37.8 Å². The lowest BCUT2D eigenvalue weighted by Crippen LogP contribution is -2.48. The summed E-state index contributed by atoms with van der Waals surface area (Å²) in [5, 5.41) is 13.6. The summed E-state index contributed by atoms with van der Waals surface area (Å²) >= 11 is 6.19. The molecule has 0 unspecified atom stereocenters. The summed E-state index contributed by atoms with van der Waals surface area (Å²) in [6.07, 6.45) is 2.30. The Hall–Kier alpha value is -2.68. The van der Waals surface area contributed by atoms with Crippen molar-refractivity contribution in [3.63, 3.8) is 0 Å². The van der Waals surface area contributed by atoms with Crippen LogP contribution in [0.15, 0.2) is 48.5 Å². The number of nitrogens with zero attached hydrogens (tertiary/aromatic N) is 6. The summed E-state index contributed by atoms with van der Waals surface area (Å²) in [6.45, 7) is 5.01. The van der Waals surface area contributed by atoms with Crippen molar-refractivity contribution in [3.05, 3.63) is 64.9 Å². The van der Waals surface area contributed by atoms with Gasteiger partial charge in [-0.25, -0.2) is 4.68 Å². The van der Waals surface area contributed by atoms with E-state index in [4.69, 9.17) is 21.1 Å². The van der Waals surface area contributed by atoms with Crippen molar-refractivity contribution in [2.45, 2.75) is 31.5 Å². The third-order valence-corrected chi connectivity index (χ3v) is 6.75. The minimum Gasteiger partial charge on any atom is -0.495 e. The first-order valence-electron chi connectivity index (χ1n) is 11.5. The van der Waals surface area contributed by atoms with Crippen LogP contribution in [0.4, 0.5) is 5.69 Å². The Labute approximate surface area is 199 Å². The molecule has 3 heterocycles. The van der Waals surface area contributed by atoms with E-state index in [1.54, 1.807) is 7.11 Å². The third kappa shape index (κ3) is 4.83. The Morgan fingerprint density at radius 2 is 1.88 bits per heavy atom. The maximum atomic E-state index is 6.19. The van der Waals surface area contributed by atoms with E-state index in [0.717, 1.165) is 73.5 Å². The van der Waals surface area contributed by atoms with Crippen LogP contribution in [0.3, 0.4) is 0 Å². The number of anilines is 1. The van der Waals surface area contributed by atoms with Crippen LogP contribution in [0.2, 0.25) is 5.02 Å². The fourth-order valence-corrected chi connectivity index (χ4v) is 4.92. The average Bonchev–Trinajstić information content (AvgIpc) is 3.54. The zero-order valence-corrected chi connectivity index (χ0v) is 19.6. The van der Waals surface area contributed by atoms with Crippen LogP contribution in [-0.4, -0.2) is 71.1 Å². The zero-order valence-electron chi connectivity index (χ0n) is 18.8. The number of ether oxygens (including phenoxy) is 2. The van der Waals surface area contributed by atoms with Gasteiger partial charge >= 0.3 is 0 Å². The maximum Gasteiger partial charge on any atom is 0.173 e. The monoisotopic (exact) mass is 468 g/mol. The molecule has 0 saturated carbocycles. The van der Waals surface area contributed by atoms with Gasteiger partial charge in [-0.3, -0.25) is 4.90 Å². The molecule has 174 valence electrons. The summed E-state index contributed by atoms with van der Waals surface area (Å²) < 4.78 is 13.3. The van der Waals surface area contributed by atoms with Gasteiger partial charge < -0.3 is 14.4 Å². The molecule has 2 atom stereocenters. The number of hydrogen-bond donors (Lipinski definition) is 0. The van der Waals surface area contributed by atoms with Crippen LogP contribution in [0.5, 0.6) is 5.75 Å². The first kappa shape index (κ1) is 22.1. The molecule has 2 saturated heterocycles. The number of methoxy groups -OCH3 is 1. The summed E-state index contributed by atoms with van der Waals surface area (Å²) in [5.74, 6) is 1.75. The topological polar surface area (TPSA) is 68.5 Å². The molecular formula is C24H29ClN6O2. The zero-order chi connectivity index (χ0) is 22.6. The van der Waals surface area contributed by atoms with Crippen LogP contribution < -0.4 is 9.64 Å². The van der Waals surface area contributed by atoms with E-state index in [1.165, 1.54) is 0 Å². The lowest BCUT2D eigenvalue weighted by Gasteiger charge is -2.40. The van der Waals surface area contributed by atoms with Crippen molar-refractivity contribution in [3.8, 4) is 5.75 Å². The second-order valence-electron chi connectivity index (χ2n) is 8.50. The molecule has 0 radical (unpaired) electrons. The Bertz CT molecular complexity index is 1050. The van der Waals surface area contributed by atoms with E-state index >= 15 is 0 Å². The number of benzene rings is 2. The Morgan fingerprint density at radius 3 is 2.61 bits per heavy atom. The molecular weight excluding hydrogens is 440 g/mol. The third-order valence-electron chi connectivity index (χ3n) is 6.50. The minimum absolute atomic E-state index is 0.0570. The van der Waals surface area contributed by atoms with Crippen molar-refractivity contribution in [1.82, 2.24) is 25.1 Å². The van der Waals surface area contributed by atoms with Crippen molar-refractivity contribution in [2.75, 3.05) is 44.8 Å². The highest BCUT2D eigenvalue weighted by molar-refractivity contribution is 6.30. The fourth-order valence-electron chi connectivity index (χ4n) is 4.80. The summed E-state index contributed by atoms with van der Waals surface area (Å²) in [7, 11) is 1.72. The van der Waals surface area contributed by atoms with E-state index in [1.807, 2.05) is 28.9 Å². The fraction of sp³-hybridized carbons (Fsp3) is 0.458. The molecule has 33 heavy (non-hydrogen) atoms. The molecule has 3 aromatic rings. The highest BCUT2D eigenvalue weighted by atomic mass is 35.5. The van der Waals surface area contributed by atoms with Gasteiger partial charge in [0.25, 0.3) is 0 Å². The number of halogens is 1. The van der Waals surface area contributed by atoms with Crippen LogP contribution >= 0.6 is 11.6 Å². The number of piperazine rings is 1. The Balaban J connectivity index is 1.40. The molecule has 2 aromatic carbocycles. The number of aromatic nitrogens is 4. The van der Waals surface area contributed by atoms with E-state index < -0.39 is 0 Å². The Kier molecular flexibility index (Phi) is 6.75. The normalized spacial score (nSPS) is 20.2. The van der Waals surface area contributed by atoms with E-state index in [-0.39, 0.29) is 12.1 Å². The lowest BCUT2D eigenvalue weighted by atomic mass is 10.0. The minimum atomic E-state index is -0.0570. The van der Waals surface area contributed by atoms with Gasteiger partial charge in [-0.2, -0.15) is 0 Å². The molecule has 0 bridgehead atoms. The first-order valence-corrected chi connectivity index (χ1v) is 11.9. The number of hydrogen-bond acceptors (Lipinski definition) is 7. The molecule has 0 aliphatic carbocycles. The first-order chi connectivity index (χ1) is 16.2. The predicted molar refractivity (Wildman–Crippen MR) is 127 cm³/mol. The van der Waals surface area contributed by atoms with E-state index in [2.05, 4.69) is 49.6 Å². The highest BCUT2D eigenvalue weighted by Gasteiger charge is 2.32. The molecule has 5 rings (SSSR count). The van der Waals surface area contributed by atoms with E-state index in [9.17, 15) is 0 Å². The van der Waals surface area contributed by atoms with Gasteiger partial charge in [-0.15, -0.1) is 5.10 Å². The van der Waals surface area contributed by atoms with Gasteiger partial charge in [0.1, 0.15) is 5.75 Å². The van der Waals surface area contributed by atoms with Crippen LogP contribution in [-0.2, 0) is 11.3 Å². The largest absolute Gasteiger partial charge is 0.495 e. The van der Waals surface area contributed by atoms with Gasteiger partial charge in [0.2, 0.25) is 0 Å². The molecule has 2 aliphatic heterocycles. The van der Waals surface area contributed by atoms with Gasteiger partial charge in [0.05, 0.1) is 31.5 Å². The van der Waals surface area contributed by atoms with Crippen molar-refractivity contribution < 1.29 is 9.47 Å². The SMILES string of the molecule is COc1ccccc1N1CCN([C@@H](c2ccc(Cl)cc2)c2nnnn2C[C@@H]2CCCO2)CC1. The second-order valence-corrected chi connectivity index (χ2v) is 8.94. The molecule has 8 nitrogen and oxygen atoms in total. The average molecular weight is 469 g/mol. The predicted octanol–water partition coefficient (Wildman–Crippen LogP) is 3.43. The van der Waals surface area contributed by atoms with Crippen molar-refractivity contribution >= 4 is 17.3 Å². The maximum absolute atomic E-state index is 6.19. The molecule has 1 aromatic heterocycles. The summed E-state index contributed by atoms with van der Waals surface area (Å²) in [6, 6.07) is 16.1. The van der Waals surface area contributed by atoms with Crippen molar-refractivity contribution in [1.29, 1.82) is 0 Å². The summed E-state index contributed by atoms with van der Waals surface area (Å²) in [5.41, 5.74) is 2.26. The van der Waals surface area contributed by atoms with E-state index in [0.29, 0.717) is 6.54 Å². The molecule has 0 amide bonds. The Morgan fingerprint density at radius 1 is 1.09 bits per heavy atom. The van der Waals surface area contributed by atoms with Gasteiger partial charge in [0.15, 0.2) is 5.82 Å². The smallest absolute Gasteiger partial charge is 0.173 e. The second kappa shape index (κ2) is 10.1. The van der Waals surface area contributed by atoms with Crippen LogP contribution in [0.1, 0.15) is 30.3 Å². The number of para-hydroxylation sites is 2. The molecule has 2 aliphatic rings. The standard InChI is InChI=1S/C24H29ClN6O2/c1-32-22-7-3-2-6-21(22)29-12-14-30(15-13-29)23(18-8-10-19(25)11-9-18)24-26-27-28-31(24)17-20-5-4-16-33-20/h2-3,6-11,20,23H,4-5,12-17H2,1H3/t20-,23-/m0/s1. The molecule has 0 spiro atoms. The number of tetrazole rings is 1. The quantitative estimate of drug-likeness (QED) is 0.526. The van der Waals surface area contributed by atoms with Crippen LogP contribution in [0, 0.1) is 0 Å². The van der Waals surface area contributed by atoms with Crippen LogP contribution in [0.25, 0.3) is 0 Å². The summed E-state index contributed by atoms with van der Waals surface area (Å²) in [4.78, 5) is 4.83. The molecule has 2 fully saturated rings. The van der Waals surface area contributed by atoms with Gasteiger partial charge in [-0.05, 0) is 53.1 Å². The van der Waals surface area contributed by atoms with Crippen molar-refractivity contribution in [2.24, 2.45) is 0 Å².